The minimum absolute atomic E-state index is 0.361. The maximum absolute atomic E-state index is 10.5. The zero-order chi connectivity index (χ0) is 9.72. The van der Waals surface area contributed by atoms with Crippen molar-refractivity contribution in [2.75, 3.05) is 0 Å². The molecule has 1 atom stereocenters. The summed E-state index contributed by atoms with van der Waals surface area (Å²) >= 11 is 0. The quantitative estimate of drug-likeness (QED) is 0.623. The number of hydrogen-bond donors (Lipinski definition) is 2. The second-order valence-electron chi connectivity index (χ2n) is 2.79. The van der Waals surface area contributed by atoms with E-state index in [0.29, 0.717) is 0 Å². The molecule has 2 N–H and O–H groups in total. The van der Waals surface area contributed by atoms with Gasteiger partial charge in [-0.15, -0.1) is 0 Å². The first-order valence-corrected chi connectivity index (χ1v) is 3.53. The fraction of sp³-hybridized carbons (Fsp3) is 0.500. The van der Waals surface area contributed by atoms with Gasteiger partial charge in [-0.1, -0.05) is 11.6 Å². The van der Waals surface area contributed by atoms with Gasteiger partial charge in [-0.25, -0.2) is 0 Å². The molecule has 0 aromatic heterocycles. The molecule has 0 aliphatic carbocycles. The normalized spacial score (nSPS) is 11.8. The molecule has 68 valence electrons. The number of rotatable bonds is 4. The van der Waals surface area contributed by atoms with Gasteiger partial charge in [0, 0.05) is 0 Å². The van der Waals surface area contributed by atoms with Gasteiger partial charge < -0.3 is 10.2 Å². The lowest BCUT2D eigenvalue weighted by Gasteiger charge is -2.03. The summed E-state index contributed by atoms with van der Waals surface area (Å²) < 4.78 is 0. The van der Waals surface area contributed by atoms with E-state index in [0.717, 1.165) is 5.57 Å². The number of carboxylic acid groups (broad SMARTS) is 2. The summed E-state index contributed by atoms with van der Waals surface area (Å²) in [7, 11) is 0. The number of carboxylic acids is 2. The molecule has 4 nitrogen and oxygen atoms in total. The summed E-state index contributed by atoms with van der Waals surface area (Å²) in [6, 6.07) is 0. The lowest BCUT2D eigenvalue weighted by molar-refractivity contribution is -0.146. The largest absolute Gasteiger partial charge is 0.481 e. The van der Waals surface area contributed by atoms with Crippen molar-refractivity contribution in [3.8, 4) is 0 Å². The zero-order valence-electron chi connectivity index (χ0n) is 7.07. The van der Waals surface area contributed by atoms with Crippen molar-refractivity contribution in [2.45, 2.75) is 20.3 Å². The maximum atomic E-state index is 10.5. The maximum Gasteiger partial charge on any atom is 0.310 e. The van der Waals surface area contributed by atoms with Crippen LogP contribution in [0.25, 0.3) is 0 Å². The fourth-order valence-electron chi connectivity index (χ4n) is 0.808. The number of aliphatic carboxylic acids is 2. The van der Waals surface area contributed by atoms with Gasteiger partial charge in [0.1, 0.15) is 0 Å². The first-order chi connectivity index (χ1) is 5.43. The summed E-state index contributed by atoms with van der Waals surface area (Å²) in [5.41, 5.74) is 0.809. The molecule has 0 heterocycles. The highest BCUT2D eigenvalue weighted by Gasteiger charge is 2.17. The van der Waals surface area contributed by atoms with Gasteiger partial charge in [0.05, 0.1) is 12.3 Å². The SMILES string of the molecule is CC(C)=CC(CC(=O)O)C(=O)O. The molecule has 0 radical (unpaired) electrons. The van der Waals surface area contributed by atoms with Crippen LogP contribution in [-0.2, 0) is 9.59 Å². The molecule has 1 unspecified atom stereocenters. The average Bonchev–Trinajstić information content (AvgIpc) is 1.83. The van der Waals surface area contributed by atoms with E-state index in [1.165, 1.54) is 6.08 Å². The van der Waals surface area contributed by atoms with Crippen molar-refractivity contribution in [2.24, 2.45) is 5.92 Å². The molecule has 0 saturated heterocycles. The fourth-order valence-corrected chi connectivity index (χ4v) is 0.808. The molecule has 0 aliphatic heterocycles. The van der Waals surface area contributed by atoms with Crippen LogP contribution in [-0.4, -0.2) is 22.2 Å². The molecule has 0 saturated carbocycles. The summed E-state index contributed by atoms with van der Waals surface area (Å²) in [5.74, 6) is -3.11. The van der Waals surface area contributed by atoms with Crippen molar-refractivity contribution in [1.29, 1.82) is 0 Å². The van der Waals surface area contributed by atoms with E-state index in [4.69, 9.17) is 10.2 Å². The van der Waals surface area contributed by atoms with Crippen LogP contribution in [0.4, 0.5) is 0 Å². The summed E-state index contributed by atoms with van der Waals surface area (Å²) in [6.45, 7) is 3.47. The molecule has 0 fully saturated rings. The highest BCUT2D eigenvalue weighted by atomic mass is 16.4. The summed E-state index contributed by atoms with van der Waals surface area (Å²) in [5, 5.41) is 16.9. The predicted molar refractivity (Wildman–Crippen MR) is 42.8 cm³/mol. The molecule has 0 bridgehead atoms. The Bertz CT molecular complexity index is 213. The highest BCUT2D eigenvalue weighted by Crippen LogP contribution is 2.08. The van der Waals surface area contributed by atoms with Gasteiger partial charge >= 0.3 is 11.9 Å². The van der Waals surface area contributed by atoms with Crippen LogP contribution < -0.4 is 0 Å². The highest BCUT2D eigenvalue weighted by molar-refractivity contribution is 5.79. The van der Waals surface area contributed by atoms with E-state index in [1.807, 2.05) is 0 Å². The Balaban J connectivity index is 4.35. The molecule has 0 rings (SSSR count). The van der Waals surface area contributed by atoms with Crippen LogP contribution in [0, 0.1) is 5.92 Å². The van der Waals surface area contributed by atoms with Crippen LogP contribution in [0.5, 0.6) is 0 Å². The van der Waals surface area contributed by atoms with Gasteiger partial charge in [-0.05, 0) is 13.8 Å². The molecule has 12 heavy (non-hydrogen) atoms. The van der Waals surface area contributed by atoms with E-state index < -0.39 is 17.9 Å². The number of allylic oxidation sites excluding steroid dienone is 1. The number of hydrogen-bond acceptors (Lipinski definition) is 2. The summed E-state index contributed by atoms with van der Waals surface area (Å²) in [4.78, 5) is 20.7. The minimum Gasteiger partial charge on any atom is -0.481 e. The first-order valence-electron chi connectivity index (χ1n) is 3.53. The predicted octanol–water partition coefficient (Wildman–Crippen LogP) is 1.13. The second-order valence-corrected chi connectivity index (χ2v) is 2.79. The van der Waals surface area contributed by atoms with Crippen molar-refractivity contribution >= 4 is 11.9 Å². The standard InChI is InChI=1S/C8H12O4/c1-5(2)3-6(8(11)12)4-7(9)10/h3,6H,4H2,1-2H3,(H,9,10)(H,11,12). The molecule has 0 aromatic carbocycles. The van der Waals surface area contributed by atoms with E-state index in [9.17, 15) is 9.59 Å². The van der Waals surface area contributed by atoms with E-state index in [1.54, 1.807) is 13.8 Å². The molecular formula is C8H12O4. The van der Waals surface area contributed by atoms with Crippen LogP contribution >= 0.6 is 0 Å². The third kappa shape index (κ3) is 4.49. The molecular weight excluding hydrogens is 160 g/mol. The van der Waals surface area contributed by atoms with Gasteiger partial charge in [0.2, 0.25) is 0 Å². The van der Waals surface area contributed by atoms with Crippen molar-refractivity contribution < 1.29 is 19.8 Å². The van der Waals surface area contributed by atoms with Gasteiger partial charge in [0.25, 0.3) is 0 Å². The van der Waals surface area contributed by atoms with Crippen LogP contribution in [0.15, 0.2) is 11.6 Å². The molecule has 0 aromatic rings. The van der Waals surface area contributed by atoms with Gasteiger partial charge in [0.15, 0.2) is 0 Å². The van der Waals surface area contributed by atoms with Crippen molar-refractivity contribution in [3.05, 3.63) is 11.6 Å². The van der Waals surface area contributed by atoms with E-state index in [-0.39, 0.29) is 6.42 Å². The van der Waals surface area contributed by atoms with Crippen molar-refractivity contribution in [1.82, 2.24) is 0 Å². The average molecular weight is 172 g/mol. The Morgan fingerprint density at radius 2 is 1.83 bits per heavy atom. The first kappa shape index (κ1) is 10.7. The Kier molecular flexibility index (Phi) is 4.04. The van der Waals surface area contributed by atoms with Crippen LogP contribution in [0.2, 0.25) is 0 Å². The Morgan fingerprint density at radius 1 is 1.33 bits per heavy atom. The minimum atomic E-state index is -1.10. The monoisotopic (exact) mass is 172 g/mol. The molecule has 0 aliphatic rings. The van der Waals surface area contributed by atoms with E-state index in [2.05, 4.69) is 0 Å². The second kappa shape index (κ2) is 4.54. The van der Waals surface area contributed by atoms with Crippen molar-refractivity contribution in [3.63, 3.8) is 0 Å². The zero-order valence-corrected chi connectivity index (χ0v) is 7.07. The Labute approximate surface area is 70.5 Å². The molecule has 0 amide bonds. The third-order valence-electron chi connectivity index (χ3n) is 1.25. The Hall–Kier alpha value is -1.32. The van der Waals surface area contributed by atoms with Crippen LogP contribution in [0.3, 0.4) is 0 Å². The lowest BCUT2D eigenvalue weighted by Crippen LogP contribution is -2.15. The summed E-state index contributed by atoms with van der Waals surface area (Å²) in [6.07, 6.45) is 1.08. The molecule has 0 spiro atoms. The lowest BCUT2D eigenvalue weighted by atomic mass is 10.0. The van der Waals surface area contributed by atoms with Gasteiger partial charge in [-0.2, -0.15) is 0 Å². The topological polar surface area (TPSA) is 74.6 Å². The van der Waals surface area contributed by atoms with E-state index >= 15 is 0 Å². The number of carbonyl (C=O) groups is 2. The smallest absolute Gasteiger partial charge is 0.310 e. The third-order valence-corrected chi connectivity index (χ3v) is 1.25. The van der Waals surface area contributed by atoms with Crippen LogP contribution in [0.1, 0.15) is 20.3 Å². The van der Waals surface area contributed by atoms with Gasteiger partial charge in [-0.3, -0.25) is 9.59 Å². The Morgan fingerprint density at radius 3 is 2.08 bits per heavy atom. The molecule has 4 heteroatoms.